The molecule has 10 heteroatoms. The lowest BCUT2D eigenvalue weighted by Crippen LogP contribution is -2.15. The van der Waals surface area contributed by atoms with Crippen molar-refractivity contribution in [3.63, 3.8) is 0 Å². The SMILES string of the molecule is CCS(=O)(=O)Nc1cc(-c2ccc(F)cc2F)cc(-n2cnc3cc(-c4cncn4C)ccc32)c1. The Labute approximate surface area is 200 Å². The summed E-state index contributed by atoms with van der Waals surface area (Å²) in [5, 5.41) is 0. The first-order valence-corrected chi connectivity index (χ1v) is 12.4. The normalized spacial score (nSPS) is 11.8. The van der Waals surface area contributed by atoms with E-state index in [-0.39, 0.29) is 17.0 Å². The molecule has 0 saturated heterocycles. The van der Waals surface area contributed by atoms with Crippen molar-refractivity contribution < 1.29 is 17.2 Å². The number of anilines is 1. The van der Waals surface area contributed by atoms with Gasteiger partial charge in [-0.05, 0) is 55.0 Å². The van der Waals surface area contributed by atoms with E-state index in [0.29, 0.717) is 11.3 Å². The van der Waals surface area contributed by atoms with Crippen LogP contribution in [0.25, 0.3) is 39.1 Å². The van der Waals surface area contributed by atoms with E-state index in [0.717, 1.165) is 34.4 Å². The van der Waals surface area contributed by atoms with Gasteiger partial charge in [0.1, 0.15) is 18.0 Å². The lowest BCUT2D eigenvalue weighted by atomic mass is 10.0. The van der Waals surface area contributed by atoms with Crippen molar-refractivity contribution in [2.24, 2.45) is 7.05 Å². The molecule has 0 atom stereocenters. The second-order valence-electron chi connectivity index (χ2n) is 8.11. The van der Waals surface area contributed by atoms with Crippen LogP contribution < -0.4 is 4.72 Å². The number of nitrogens with one attached hydrogen (secondary N) is 1. The number of hydrogen-bond donors (Lipinski definition) is 1. The average molecular weight is 494 g/mol. The summed E-state index contributed by atoms with van der Waals surface area (Å²) in [7, 11) is -1.68. The Bertz CT molecular complexity index is 1670. The number of sulfonamides is 1. The van der Waals surface area contributed by atoms with Crippen molar-refractivity contribution in [1.29, 1.82) is 0 Å². The minimum atomic E-state index is -3.59. The number of halogens is 2. The fourth-order valence-corrected chi connectivity index (χ4v) is 4.57. The van der Waals surface area contributed by atoms with Gasteiger partial charge >= 0.3 is 0 Å². The summed E-state index contributed by atoms with van der Waals surface area (Å²) in [5.41, 5.74) is 4.74. The van der Waals surface area contributed by atoms with Crippen LogP contribution in [0.15, 0.2) is 73.4 Å². The Hall–Kier alpha value is -4.05. The minimum Gasteiger partial charge on any atom is -0.334 e. The van der Waals surface area contributed by atoms with E-state index in [2.05, 4.69) is 14.7 Å². The molecule has 0 aliphatic carbocycles. The van der Waals surface area contributed by atoms with E-state index in [1.165, 1.54) is 19.1 Å². The molecule has 2 heterocycles. The maximum atomic E-state index is 14.6. The predicted molar refractivity (Wildman–Crippen MR) is 132 cm³/mol. The third-order valence-corrected chi connectivity index (χ3v) is 7.06. The van der Waals surface area contributed by atoms with Crippen molar-refractivity contribution in [3.05, 3.63) is 85.1 Å². The Morgan fingerprint density at radius 3 is 2.51 bits per heavy atom. The summed E-state index contributed by atoms with van der Waals surface area (Å²) in [6.45, 7) is 1.52. The Balaban J connectivity index is 1.66. The molecule has 0 aliphatic heterocycles. The second-order valence-corrected chi connectivity index (χ2v) is 10.1. The third-order valence-electron chi connectivity index (χ3n) is 5.75. The summed E-state index contributed by atoms with van der Waals surface area (Å²) in [6, 6.07) is 13.9. The van der Waals surface area contributed by atoms with Crippen molar-refractivity contribution in [2.75, 3.05) is 10.5 Å². The summed E-state index contributed by atoms with van der Waals surface area (Å²) in [5.74, 6) is -1.57. The Kier molecular flexibility index (Phi) is 5.60. The highest BCUT2D eigenvalue weighted by Gasteiger charge is 2.15. The molecule has 3 aromatic carbocycles. The van der Waals surface area contributed by atoms with Gasteiger partial charge in [0.2, 0.25) is 10.0 Å². The molecule has 0 bridgehead atoms. The van der Waals surface area contributed by atoms with Crippen molar-refractivity contribution in [1.82, 2.24) is 19.1 Å². The molecule has 7 nitrogen and oxygen atoms in total. The van der Waals surface area contributed by atoms with E-state index in [4.69, 9.17) is 0 Å². The average Bonchev–Trinajstić information content (AvgIpc) is 3.44. The Morgan fingerprint density at radius 1 is 0.971 bits per heavy atom. The molecule has 0 aliphatic rings. The van der Waals surface area contributed by atoms with Crippen molar-refractivity contribution in [3.8, 4) is 28.1 Å². The monoisotopic (exact) mass is 493 g/mol. The number of benzene rings is 3. The van der Waals surface area contributed by atoms with Crippen LogP contribution in [0.5, 0.6) is 0 Å². The first-order valence-electron chi connectivity index (χ1n) is 10.8. The molecule has 0 saturated carbocycles. The number of fused-ring (bicyclic) bond motifs is 1. The first-order chi connectivity index (χ1) is 16.7. The smallest absolute Gasteiger partial charge is 0.232 e. The maximum Gasteiger partial charge on any atom is 0.232 e. The molecular weight excluding hydrogens is 472 g/mol. The quantitative estimate of drug-likeness (QED) is 0.355. The predicted octanol–water partition coefficient (Wildman–Crippen LogP) is 5.13. The summed E-state index contributed by atoms with van der Waals surface area (Å²) in [4.78, 5) is 8.67. The number of nitrogens with zero attached hydrogens (tertiary/aromatic N) is 4. The van der Waals surface area contributed by atoms with Gasteiger partial charge in [0.05, 0.1) is 40.7 Å². The van der Waals surface area contributed by atoms with E-state index >= 15 is 0 Å². The zero-order valence-electron chi connectivity index (χ0n) is 18.9. The van der Waals surface area contributed by atoms with Gasteiger partial charge in [-0.1, -0.05) is 6.07 Å². The fraction of sp³-hybridized carbons (Fsp3) is 0.120. The second kappa shape index (κ2) is 8.62. The number of imidazole rings is 2. The summed E-state index contributed by atoms with van der Waals surface area (Å²) < 4.78 is 58.8. The Morgan fingerprint density at radius 2 is 1.80 bits per heavy atom. The zero-order valence-corrected chi connectivity index (χ0v) is 19.7. The summed E-state index contributed by atoms with van der Waals surface area (Å²) >= 11 is 0. The maximum absolute atomic E-state index is 14.6. The van der Waals surface area contributed by atoms with E-state index < -0.39 is 21.7 Å². The number of rotatable bonds is 6. The molecule has 1 N–H and O–H groups in total. The van der Waals surface area contributed by atoms with Crippen LogP contribution in [0.2, 0.25) is 0 Å². The number of hydrogen-bond acceptors (Lipinski definition) is 4. The van der Waals surface area contributed by atoms with Gasteiger partial charge < -0.3 is 4.57 Å². The lowest BCUT2D eigenvalue weighted by molar-refractivity contribution is 0.585. The molecule has 0 radical (unpaired) electrons. The molecule has 2 aromatic heterocycles. The fourth-order valence-electron chi connectivity index (χ4n) is 3.95. The van der Waals surface area contributed by atoms with Gasteiger partial charge in [-0.3, -0.25) is 9.29 Å². The standard InChI is InChI=1S/C25H21F2N5O2S/c1-3-35(33,34)30-19-8-17(21-6-5-18(26)11-22(21)27)9-20(12-19)32-15-29-23-10-16(4-7-24(23)32)25-13-28-14-31(25)2/h4-15,30H,3H2,1-2H3. The van der Waals surface area contributed by atoms with Gasteiger partial charge in [-0.25, -0.2) is 27.2 Å². The van der Waals surface area contributed by atoms with Gasteiger partial charge in [-0.15, -0.1) is 0 Å². The summed E-state index contributed by atoms with van der Waals surface area (Å²) in [6.07, 6.45) is 5.11. The largest absolute Gasteiger partial charge is 0.334 e. The van der Waals surface area contributed by atoms with Crippen molar-refractivity contribution >= 4 is 26.7 Å². The molecule has 0 spiro atoms. The van der Waals surface area contributed by atoms with E-state index in [1.54, 1.807) is 35.6 Å². The van der Waals surface area contributed by atoms with E-state index in [1.807, 2.05) is 29.8 Å². The van der Waals surface area contributed by atoms with Crippen LogP contribution in [-0.2, 0) is 17.1 Å². The number of aryl methyl sites for hydroxylation is 1. The molecule has 5 aromatic rings. The highest BCUT2D eigenvalue weighted by Crippen LogP contribution is 2.32. The first kappa shape index (κ1) is 22.7. The molecular formula is C25H21F2N5O2S. The van der Waals surface area contributed by atoms with Crippen LogP contribution in [0.1, 0.15) is 6.92 Å². The molecule has 0 fully saturated rings. The van der Waals surface area contributed by atoms with Crippen LogP contribution in [0, 0.1) is 11.6 Å². The van der Waals surface area contributed by atoms with Crippen LogP contribution in [0.3, 0.4) is 0 Å². The van der Waals surface area contributed by atoms with Gasteiger partial charge in [0.25, 0.3) is 0 Å². The number of aromatic nitrogens is 4. The molecule has 178 valence electrons. The van der Waals surface area contributed by atoms with Gasteiger partial charge in [0, 0.05) is 29.9 Å². The molecule has 0 unspecified atom stereocenters. The highest BCUT2D eigenvalue weighted by atomic mass is 32.2. The molecule has 5 rings (SSSR count). The zero-order chi connectivity index (χ0) is 24.7. The van der Waals surface area contributed by atoms with Crippen molar-refractivity contribution in [2.45, 2.75) is 6.92 Å². The van der Waals surface area contributed by atoms with E-state index in [9.17, 15) is 17.2 Å². The highest BCUT2D eigenvalue weighted by molar-refractivity contribution is 7.92. The van der Waals surface area contributed by atoms with Gasteiger partial charge in [0.15, 0.2) is 0 Å². The van der Waals surface area contributed by atoms with Gasteiger partial charge in [-0.2, -0.15) is 0 Å². The van der Waals surface area contributed by atoms with Crippen LogP contribution in [0.4, 0.5) is 14.5 Å². The molecule has 35 heavy (non-hydrogen) atoms. The topological polar surface area (TPSA) is 81.8 Å². The minimum absolute atomic E-state index is 0.123. The molecule has 0 amide bonds. The lowest BCUT2D eigenvalue weighted by Gasteiger charge is -2.14. The van der Waals surface area contributed by atoms with Crippen LogP contribution in [-0.4, -0.2) is 33.3 Å². The van der Waals surface area contributed by atoms with Crippen LogP contribution >= 0.6 is 0 Å². The third kappa shape index (κ3) is 4.40.